The Morgan fingerprint density at radius 1 is 1.04 bits per heavy atom. The van der Waals surface area contributed by atoms with Crippen molar-refractivity contribution >= 4 is 17.5 Å². The minimum Gasteiger partial charge on any atom is -0.341 e. The zero-order valence-corrected chi connectivity index (χ0v) is 14.7. The summed E-state index contributed by atoms with van der Waals surface area (Å²) in [5, 5.41) is 5.08. The molecular weight excluding hydrogens is 319 g/mol. The number of halogens is 1. The highest BCUT2D eigenvalue weighted by Gasteiger charge is 2.21. The van der Waals surface area contributed by atoms with Crippen LogP contribution in [0.15, 0.2) is 48.5 Å². The Bertz CT molecular complexity index is 745. The fraction of sp³-hybridized carbons (Fsp3) is 0.300. The minimum atomic E-state index is -0.880. The van der Waals surface area contributed by atoms with Crippen LogP contribution in [0, 0.1) is 18.7 Å². The van der Waals surface area contributed by atoms with Crippen molar-refractivity contribution in [1.82, 2.24) is 5.32 Å². The maximum atomic E-state index is 13.7. The predicted molar refractivity (Wildman–Crippen MR) is 96.5 cm³/mol. The Morgan fingerprint density at radius 2 is 1.72 bits per heavy atom. The van der Waals surface area contributed by atoms with Crippen LogP contribution in [0.2, 0.25) is 0 Å². The van der Waals surface area contributed by atoms with Gasteiger partial charge in [0.15, 0.2) is 0 Å². The number of rotatable bonds is 5. The molecule has 0 fully saturated rings. The van der Waals surface area contributed by atoms with E-state index in [9.17, 15) is 14.0 Å². The van der Waals surface area contributed by atoms with Gasteiger partial charge in [-0.25, -0.2) is 4.39 Å². The molecule has 0 aromatic heterocycles. The van der Waals surface area contributed by atoms with Crippen molar-refractivity contribution in [3.8, 4) is 0 Å². The van der Waals surface area contributed by atoms with Gasteiger partial charge < -0.3 is 10.6 Å². The van der Waals surface area contributed by atoms with Gasteiger partial charge in [0.1, 0.15) is 5.82 Å². The van der Waals surface area contributed by atoms with Crippen LogP contribution in [0.5, 0.6) is 0 Å². The molecule has 0 bridgehead atoms. The fourth-order valence-corrected chi connectivity index (χ4v) is 2.57. The number of anilines is 1. The van der Waals surface area contributed by atoms with Gasteiger partial charge in [-0.15, -0.1) is 0 Å². The van der Waals surface area contributed by atoms with Crippen molar-refractivity contribution in [2.45, 2.75) is 33.2 Å². The topological polar surface area (TPSA) is 58.2 Å². The predicted octanol–water partition coefficient (Wildman–Crippen LogP) is 3.98. The molecule has 1 atom stereocenters. The highest BCUT2D eigenvalue weighted by atomic mass is 19.1. The Morgan fingerprint density at radius 3 is 2.36 bits per heavy atom. The van der Waals surface area contributed by atoms with E-state index in [0.29, 0.717) is 12.3 Å². The van der Waals surface area contributed by atoms with E-state index in [1.807, 2.05) is 44.2 Å². The fourth-order valence-electron chi connectivity index (χ4n) is 2.57. The van der Waals surface area contributed by atoms with Gasteiger partial charge in [0, 0.05) is 0 Å². The van der Waals surface area contributed by atoms with Crippen LogP contribution in [-0.2, 0) is 9.59 Å². The minimum absolute atomic E-state index is 0.000251. The summed E-state index contributed by atoms with van der Waals surface area (Å²) in [5.41, 5.74) is 1.72. The van der Waals surface area contributed by atoms with Gasteiger partial charge in [-0.2, -0.15) is 0 Å². The molecule has 0 spiro atoms. The summed E-state index contributed by atoms with van der Waals surface area (Å²) in [6.45, 7) is 5.87. The molecule has 2 aromatic rings. The largest absolute Gasteiger partial charge is 0.341 e. The molecule has 25 heavy (non-hydrogen) atoms. The monoisotopic (exact) mass is 342 g/mol. The molecule has 4 nitrogen and oxygen atoms in total. The van der Waals surface area contributed by atoms with Gasteiger partial charge in [-0.1, -0.05) is 50.2 Å². The van der Waals surface area contributed by atoms with Crippen molar-refractivity contribution in [3.63, 3.8) is 0 Å². The summed E-state index contributed by atoms with van der Waals surface area (Å²) in [5.74, 6) is -1.90. The first kappa shape index (κ1) is 18.6. The Hall–Kier alpha value is -2.69. The SMILES string of the molecule is Cc1ccc(F)c(NC(=O)C(=O)N[C@@H](CC(C)C)c2ccccc2)c1. The lowest BCUT2D eigenvalue weighted by Crippen LogP contribution is -2.38. The number of hydrogen-bond donors (Lipinski definition) is 2. The number of amides is 2. The van der Waals surface area contributed by atoms with Crippen LogP contribution in [-0.4, -0.2) is 11.8 Å². The molecule has 2 amide bonds. The van der Waals surface area contributed by atoms with Crippen LogP contribution >= 0.6 is 0 Å². The van der Waals surface area contributed by atoms with E-state index < -0.39 is 17.6 Å². The zero-order chi connectivity index (χ0) is 18.4. The molecule has 2 rings (SSSR count). The summed E-state index contributed by atoms with van der Waals surface area (Å²) >= 11 is 0. The first-order valence-corrected chi connectivity index (χ1v) is 8.29. The third-order valence-electron chi connectivity index (χ3n) is 3.79. The van der Waals surface area contributed by atoms with Gasteiger partial charge in [0.05, 0.1) is 11.7 Å². The van der Waals surface area contributed by atoms with Crippen molar-refractivity contribution in [3.05, 3.63) is 65.5 Å². The molecule has 132 valence electrons. The Balaban J connectivity index is 2.09. The maximum absolute atomic E-state index is 13.7. The third-order valence-corrected chi connectivity index (χ3v) is 3.79. The number of hydrogen-bond acceptors (Lipinski definition) is 2. The van der Waals surface area contributed by atoms with Crippen LogP contribution in [0.25, 0.3) is 0 Å². The van der Waals surface area contributed by atoms with Crippen molar-refractivity contribution in [1.29, 1.82) is 0 Å². The van der Waals surface area contributed by atoms with E-state index in [-0.39, 0.29) is 11.7 Å². The van der Waals surface area contributed by atoms with Gasteiger partial charge in [-0.05, 0) is 42.5 Å². The molecule has 2 aromatic carbocycles. The number of nitrogens with one attached hydrogen (secondary N) is 2. The van der Waals surface area contributed by atoms with Crippen molar-refractivity contribution in [2.75, 3.05) is 5.32 Å². The molecule has 0 aliphatic carbocycles. The standard InChI is InChI=1S/C20H23FN2O2/c1-13(2)11-17(15-7-5-4-6-8-15)22-19(24)20(25)23-18-12-14(3)9-10-16(18)21/h4-10,12-13,17H,11H2,1-3H3,(H,22,24)(H,23,25)/t17-/m0/s1. The summed E-state index contributed by atoms with van der Waals surface area (Å²) in [4.78, 5) is 24.4. The molecule has 5 heteroatoms. The van der Waals surface area contributed by atoms with Crippen LogP contribution in [0.3, 0.4) is 0 Å². The van der Waals surface area contributed by atoms with Crippen molar-refractivity contribution < 1.29 is 14.0 Å². The van der Waals surface area contributed by atoms with Crippen LogP contribution < -0.4 is 10.6 Å². The summed E-state index contributed by atoms with van der Waals surface area (Å²) in [6.07, 6.45) is 0.696. The molecule has 0 aliphatic heterocycles. The quantitative estimate of drug-likeness (QED) is 0.808. The van der Waals surface area contributed by atoms with E-state index in [0.717, 1.165) is 11.1 Å². The first-order valence-electron chi connectivity index (χ1n) is 8.29. The molecule has 0 saturated heterocycles. The molecule has 0 heterocycles. The van der Waals surface area contributed by atoms with Gasteiger partial charge in [0.25, 0.3) is 0 Å². The van der Waals surface area contributed by atoms with Gasteiger partial charge >= 0.3 is 11.8 Å². The molecular formula is C20H23FN2O2. The smallest absolute Gasteiger partial charge is 0.313 e. The second kappa shape index (κ2) is 8.42. The van der Waals surface area contributed by atoms with Gasteiger partial charge in [-0.3, -0.25) is 9.59 Å². The number of aryl methyl sites for hydroxylation is 1. The summed E-state index contributed by atoms with van der Waals surface area (Å²) in [6, 6.07) is 13.6. The van der Waals surface area contributed by atoms with Crippen LogP contribution in [0.4, 0.5) is 10.1 Å². The summed E-state index contributed by atoms with van der Waals surface area (Å²) in [7, 11) is 0. The van der Waals surface area contributed by atoms with E-state index in [1.54, 1.807) is 13.0 Å². The van der Waals surface area contributed by atoms with E-state index in [1.165, 1.54) is 12.1 Å². The zero-order valence-electron chi connectivity index (χ0n) is 14.7. The average molecular weight is 342 g/mol. The number of benzene rings is 2. The van der Waals surface area contributed by atoms with Crippen molar-refractivity contribution in [2.24, 2.45) is 5.92 Å². The van der Waals surface area contributed by atoms with E-state index in [2.05, 4.69) is 10.6 Å². The lowest BCUT2D eigenvalue weighted by molar-refractivity contribution is -0.136. The first-order chi connectivity index (χ1) is 11.9. The lowest BCUT2D eigenvalue weighted by Gasteiger charge is -2.21. The molecule has 0 aliphatic rings. The van der Waals surface area contributed by atoms with Gasteiger partial charge in [0.2, 0.25) is 0 Å². The highest BCUT2D eigenvalue weighted by molar-refractivity contribution is 6.39. The molecule has 0 saturated carbocycles. The number of carbonyl (C=O) groups excluding carboxylic acids is 2. The van der Waals surface area contributed by atoms with Crippen LogP contribution in [0.1, 0.15) is 37.4 Å². The number of carbonyl (C=O) groups is 2. The molecule has 0 radical (unpaired) electrons. The molecule has 2 N–H and O–H groups in total. The maximum Gasteiger partial charge on any atom is 0.313 e. The third kappa shape index (κ3) is 5.41. The van der Waals surface area contributed by atoms with E-state index >= 15 is 0 Å². The lowest BCUT2D eigenvalue weighted by atomic mass is 9.97. The Labute approximate surface area is 147 Å². The highest BCUT2D eigenvalue weighted by Crippen LogP contribution is 2.21. The second-order valence-electron chi connectivity index (χ2n) is 6.50. The summed E-state index contributed by atoms with van der Waals surface area (Å²) < 4.78 is 13.7. The molecule has 0 unspecified atom stereocenters. The Kier molecular flexibility index (Phi) is 6.28. The second-order valence-corrected chi connectivity index (χ2v) is 6.50. The average Bonchev–Trinajstić information content (AvgIpc) is 2.57. The normalized spacial score (nSPS) is 11.9. The van der Waals surface area contributed by atoms with E-state index in [4.69, 9.17) is 0 Å².